The average molecular weight is 332 g/mol. The van der Waals surface area contributed by atoms with Crippen LogP contribution in [0.5, 0.6) is 0 Å². The van der Waals surface area contributed by atoms with Crippen LogP contribution in [0.1, 0.15) is 12.8 Å². The van der Waals surface area contributed by atoms with Gasteiger partial charge in [-0.1, -0.05) is 12.1 Å². The summed E-state index contributed by atoms with van der Waals surface area (Å²) in [4.78, 5) is 22.8. The van der Waals surface area contributed by atoms with Crippen LogP contribution in [0.4, 0.5) is 4.39 Å². The summed E-state index contributed by atoms with van der Waals surface area (Å²) in [6.45, 7) is -0.166. The van der Waals surface area contributed by atoms with Crippen molar-refractivity contribution in [3.8, 4) is 0 Å². The number of nitrogens with zero attached hydrogens (tertiary/aromatic N) is 1. The van der Waals surface area contributed by atoms with Crippen molar-refractivity contribution >= 4 is 21.9 Å². The number of benzene rings is 1. The number of carbonyl (C=O) groups is 2. The Morgan fingerprint density at radius 3 is 2.50 bits per heavy atom. The number of carboxylic acid groups (broad SMARTS) is 1. The first-order valence-electron chi connectivity index (χ1n) is 6.44. The molecule has 0 bridgehead atoms. The summed E-state index contributed by atoms with van der Waals surface area (Å²) in [6, 6.07) is 4.91. The number of rotatable bonds is 8. The SMILES string of the molecule is CN(CCC(=O)O)C(=O)CCNS(=O)(=O)c1ccccc1F. The molecule has 9 heteroatoms. The van der Waals surface area contributed by atoms with E-state index in [1.54, 1.807) is 0 Å². The Labute approximate surface area is 127 Å². The van der Waals surface area contributed by atoms with Crippen molar-refractivity contribution in [1.29, 1.82) is 0 Å². The molecule has 0 aliphatic rings. The van der Waals surface area contributed by atoms with Crippen molar-refractivity contribution in [2.45, 2.75) is 17.7 Å². The molecular formula is C13H17FN2O5S. The molecular weight excluding hydrogens is 315 g/mol. The Kier molecular flexibility index (Phi) is 6.44. The van der Waals surface area contributed by atoms with Gasteiger partial charge >= 0.3 is 5.97 Å². The lowest BCUT2D eigenvalue weighted by atomic mass is 10.3. The topological polar surface area (TPSA) is 104 Å². The molecule has 0 atom stereocenters. The Bertz CT molecular complexity index is 648. The van der Waals surface area contributed by atoms with E-state index in [1.807, 2.05) is 0 Å². The number of sulfonamides is 1. The van der Waals surface area contributed by atoms with Crippen molar-refractivity contribution in [1.82, 2.24) is 9.62 Å². The Balaban J connectivity index is 2.51. The summed E-state index contributed by atoms with van der Waals surface area (Å²) in [6.07, 6.45) is -0.340. The van der Waals surface area contributed by atoms with Gasteiger partial charge in [-0.15, -0.1) is 0 Å². The smallest absolute Gasteiger partial charge is 0.305 e. The van der Waals surface area contributed by atoms with Gasteiger partial charge in [0.05, 0.1) is 6.42 Å². The molecule has 0 aromatic heterocycles. The fraction of sp³-hybridized carbons (Fsp3) is 0.385. The van der Waals surface area contributed by atoms with Gasteiger partial charge in [-0.25, -0.2) is 17.5 Å². The number of halogens is 1. The molecule has 0 fully saturated rings. The van der Waals surface area contributed by atoms with E-state index in [0.717, 1.165) is 12.1 Å². The molecule has 22 heavy (non-hydrogen) atoms. The second-order valence-electron chi connectivity index (χ2n) is 4.54. The third-order valence-corrected chi connectivity index (χ3v) is 4.34. The maximum atomic E-state index is 13.4. The lowest BCUT2D eigenvalue weighted by Crippen LogP contribution is -2.33. The zero-order valence-electron chi connectivity index (χ0n) is 12.0. The second kappa shape index (κ2) is 7.85. The monoisotopic (exact) mass is 332 g/mol. The van der Waals surface area contributed by atoms with Crippen molar-refractivity contribution in [2.75, 3.05) is 20.1 Å². The molecule has 122 valence electrons. The van der Waals surface area contributed by atoms with Gasteiger partial charge in [0.2, 0.25) is 15.9 Å². The van der Waals surface area contributed by atoms with Crippen molar-refractivity contribution < 1.29 is 27.5 Å². The van der Waals surface area contributed by atoms with E-state index in [2.05, 4.69) is 4.72 Å². The summed E-state index contributed by atoms with van der Waals surface area (Å²) in [5, 5.41) is 8.51. The van der Waals surface area contributed by atoms with E-state index in [0.29, 0.717) is 0 Å². The fourth-order valence-corrected chi connectivity index (χ4v) is 2.72. The van der Waals surface area contributed by atoms with Gasteiger partial charge in [0.15, 0.2) is 0 Å². The molecule has 0 heterocycles. The number of aliphatic carboxylic acids is 1. The van der Waals surface area contributed by atoms with Gasteiger partial charge in [-0.3, -0.25) is 9.59 Å². The van der Waals surface area contributed by atoms with Gasteiger partial charge in [-0.05, 0) is 12.1 Å². The molecule has 0 aliphatic carbocycles. The minimum atomic E-state index is -4.03. The quantitative estimate of drug-likeness (QED) is 0.718. The number of hydrogen-bond acceptors (Lipinski definition) is 4. The van der Waals surface area contributed by atoms with Crippen LogP contribution < -0.4 is 4.72 Å². The maximum absolute atomic E-state index is 13.4. The third-order valence-electron chi connectivity index (χ3n) is 2.84. The third kappa shape index (κ3) is 5.41. The Morgan fingerprint density at radius 2 is 1.91 bits per heavy atom. The van der Waals surface area contributed by atoms with Crippen LogP contribution in [0.3, 0.4) is 0 Å². The normalized spacial score (nSPS) is 11.2. The summed E-state index contributed by atoms with van der Waals surface area (Å²) in [5.74, 6) is -2.31. The number of nitrogens with one attached hydrogen (secondary N) is 1. The van der Waals surface area contributed by atoms with Crippen LogP contribution >= 0.6 is 0 Å². The minimum absolute atomic E-state index is 0.0359. The van der Waals surface area contributed by atoms with Crippen LogP contribution in [0.15, 0.2) is 29.2 Å². The summed E-state index contributed by atoms with van der Waals surface area (Å²) in [5.41, 5.74) is 0. The average Bonchev–Trinajstić information content (AvgIpc) is 2.44. The number of carboxylic acids is 1. The van der Waals surface area contributed by atoms with Crippen LogP contribution in [0, 0.1) is 5.82 Å². The molecule has 2 N–H and O–H groups in total. The van der Waals surface area contributed by atoms with Gasteiger partial charge < -0.3 is 10.0 Å². The van der Waals surface area contributed by atoms with E-state index in [-0.39, 0.29) is 25.9 Å². The molecule has 0 spiro atoms. The minimum Gasteiger partial charge on any atom is -0.481 e. The first-order chi connectivity index (χ1) is 10.2. The highest BCUT2D eigenvalue weighted by molar-refractivity contribution is 7.89. The van der Waals surface area contributed by atoms with E-state index in [1.165, 1.54) is 24.1 Å². The first-order valence-corrected chi connectivity index (χ1v) is 7.92. The van der Waals surface area contributed by atoms with Crippen LogP contribution in [-0.4, -0.2) is 50.4 Å². The molecule has 0 aliphatic heterocycles. The second-order valence-corrected chi connectivity index (χ2v) is 6.27. The Hall–Kier alpha value is -2.00. The van der Waals surface area contributed by atoms with E-state index in [9.17, 15) is 22.4 Å². The molecule has 0 saturated carbocycles. The van der Waals surface area contributed by atoms with E-state index >= 15 is 0 Å². The molecule has 1 aromatic rings. The van der Waals surface area contributed by atoms with E-state index in [4.69, 9.17) is 5.11 Å². The molecule has 1 rings (SSSR count). The molecule has 1 aromatic carbocycles. The van der Waals surface area contributed by atoms with Gasteiger partial charge in [0.25, 0.3) is 0 Å². The highest BCUT2D eigenvalue weighted by atomic mass is 32.2. The molecule has 0 radical (unpaired) electrons. The predicted octanol–water partition coefficient (Wildman–Crippen LogP) is 0.427. The fourth-order valence-electron chi connectivity index (χ4n) is 1.61. The number of amides is 1. The molecule has 7 nitrogen and oxygen atoms in total. The largest absolute Gasteiger partial charge is 0.481 e. The summed E-state index contributed by atoms with van der Waals surface area (Å²) < 4.78 is 39.3. The standard InChI is InChI=1S/C13H17FN2O5S/c1-16(9-7-13(18)19)12(17)6-8-15-22(20,21)11-5-3-2-4-10(11)14/h2-5,15H,6-9H2,1H3,(H,18,19). The van der Waals surface area contributed by atoms with Crippen molar-refractivity contribution in [3.05, 3.63) is 30.1 Å². The zero-order valence-corrected chi connectivity index (χ0v) is 12.8. The highest BCUT2D eigenvalue weighted by Crippen LogP contribution is 2.12. The summed E-state index contributed by atoms with van der Waals surface area (Å²) in [7, 11) is -2.60. The number of carbonyl (C=O) groups excluding carboxylic acids is 1. The number of hydrogen-bond donors (Lipinski definition) is 2. The van der Waals surface area contributed by atoms with Crippen LogP contribution in [0.25, 0.3) is 0 Å². The van der Waals surface area contributed by atoms with Crippen LogP contribution in [0.2, 0.25) is 0 Å². The molecule has 0 saturated heterocycles. The summed E-state index contributed by atoms with van der Waals surface area (Å²) >= 11 is 0. The van der Waals surface area contributed by atoms with E-state index < -0.39 is 32.6 Å². The van der Waals surface area contributed by atoms with Crippen molar-refractivity contribution in [2.24, 2.45) is 0 Å². The first kappa shape index (κ1) is 18.1. The van der Waals surface area contributed by atoms with Crippen LogP contribution in [-0.2, 0) is 19.6 Å². The van der Waals surface area contributed by atoms with Gasteiger partial charge in [-0.2, -0.15) is 0 Å². The maximum Gasteiger partial charge on any atom is 0.305 e. The van der Waals surface area contributed by atoms with Gasteiger partial charge in [0.1, 0.15) is 10.7 Å². The zero-order chi connectivity index (χ0) is 16.8. The molecule has 0 unspecified atom stereocenters. The Morgan fingerprint density at radius 1 is 1.27 bits per heavy atom. The highest BCUT2D eigenvalue weighted by Gasteiger charge is 2.19. The molecule has 1 amide bonds. The van der Waals surface area contributed by atoms with Gasteiger partial charge in [0, 0.05) is 26.6 Å². The predicted molar refractivity (Wildman–Crippen MR) is 76.1 cm³/mol. The van der Waals surface area contributed by atoms with Crippen molar-refractivity contribution in [3.63, 3.8) is 0 Å². The lowest BCUT2D eigenvalue weighted by molar-refractivity contribution is -0.138. The lowest BCUT2D eigenvalue weighted by Gasteiger charge is -2.16.